The summed E-state index contributed by atoms with van der Waals surface area (Å²) in [6, 6.07) is 0. The fraction of sp³-hybridized carbons (Fsp3) is 0.923. The van der Waals surface area contributed by atoms with Crippen LogP contribution in [0.5, 0.6) is 0 Å². The molecule has 0 aliphatic carbocycles. The van der Waals surface area contributed by atoms with Gasteiger partial charge in [-0.2, -0.15) is 0 Å². The summed E-state index contributed by atoms with van der Waals surface area (Å²) in [7, 11) is 0. The van der Waals surface area contributed by atoms with Crippen LogP contribution < -0.4 is 0 Å². The van der Waals surface area contributed by atoms with E-state index < -0.39 is 0 Å². The van der Waals surface area contributed by atoms with Crippen LogP contribution in [0, 0.1) is 6.42 Å². The third kappa shape index (κ3) is 23.6. The van der Waals surface area contributed by atoms with Crippen LogP contribution in [0.25, 0.3) is 0 Å². The average Bonchev–Trinajstić information content (AvgIpc) is 2.67. The summed E-state index contributed by atoms with van der Waals surface area (Å²) in [5, 5.41) is 0. The van der Waals surface area contributed by atoms with Crippen molar-refractivity contribution in [3.05, 3.63) is 6.42 Å². The van der Waals surface area contributed by atoms with Gasteiger partial charge in [0.25, 0.3) is 0 Å². The van der Waals surface area contributed by atoms with Crippen molar-refractivity contribution in [2.75, 3.05) is 0 Å². The van der Waals surface area contributed by atoms with Crippen molar-refractivity contribution in [1.82, 2.24) is 0 Å². The summed E-state index contributed by atoms with van der Waals surface area (Å²) < 4.78 is 0. The van der Waals surface area contributed by atoms with Crippen LogP contribution in [0.15, 0.2) is 0 Å². The highest BCUT2D eigenvalue weighted by Gasteiger charge is 2.02. The van der Waals surface area contributed by atoms with Crippen molar-refractivity contribution in [1.29, 1.82) is 0 Å². The van der Waals surface area contributed by atoms with E-state index in [1.165, 1.54) is 122 Å². The molecule has 0 spiro atoms. The van der Waals surface area contributed by atoms with E-state index in [1.807, 2.05) is 6.42 Å². The van der Waals surface area contributed by atoms with Crippen molar-refractivity contribution >= 4 is 5.78 Å². The topological polar surface area (TPSA) is 17.1 Å². The smallest absolute Gasteiger partial charge is 0.136 e. The van der Waals surface area contributed by atoms with Gasteiger partial charge in [0, 0.05) is 12.8 Å². The van der Waals surface area contributed by atoms with E-state index in [2.05, 4.69) is 13.8 Å². The van der Waals surface area contributed by atoms with Gasteiger partial charge in [-0.3, -0.25) is 4.79 Å². The number of carbonyl (C=O) groups excluding carboxylic acids is 1. The maximum absolute atomic E-state index is 11.8. The lowest BCUT2D eigenvalue weighted by molar-refractivity contribution is -0.116. The molecule has 0 atom stereocenters. The average molecular weight is 380 g/mol. The van der Waals surface area contributed by atoms with Crippen LogP contribution in [0.3, 0.4) is 0 Å². The minimum Gasteiger partial charge on any atom is -0.299 e. The molecule has 0 aromatic carbocycles. The minimum absolute atomic E-state index is 0.391. The second-order valence-electron chi connectivity index (χ2n) is 8.57. The lowest BCUT2D eigenvalue weighted by Crippen LogP contribution is -1.98. The third-order valence-corrected chi connectivity index (χ3v) is 5.71. The van der Waals surface area contributed by atoms with Crippen molar-refractivity contribution in [2.24, 2.45) is 0 Å². The summed E-state index contributed by atoms with van der Waals surface area (Å²) in [5.41, 5.74) is 0. The SMILES string of the molecule is CCCCCCCCCCCCCCC[CH]C(=O)CCCCCCCCC. The Morgan fingerprint density at radius 1 is 0.481 bits per heavy atom. The van der Waals surface area contributed by atoms with Crippen LogP contribution in [0.4, 0.5) is 0 Å². The fourth-order valence-electron chi connectivity index (χ4n) is 3.78. The number of unbranched alkanes of at least 4 members (excludes halogenated alkanes) is 19. The van der Waals surface area contributed by atoms with Gasteiger partial charge in [-0.05, 0) is 12.8 Å². The molecule has 0 heterocycles. The summed E-state index contributed by atoms with van der Waals surface area (Å²) >= 11 is 0. The summed E-state index contributed by atoms with van der Waals surface area (Å²) in [6.45, 7) is 4.54. The van der Waals surface area contributed by atoms with E-state index in [4.69, 9.17) is 0 Å². The highest BCUT2D eigenvalue weighted by molar-refractivity contribution is 5.86. The molecule has 0 N–H and O–H groups in total. The molecule has 0 unspecified atom stereocenters. The van der Waals surface area contributed by atoms with Crippen molar-refractivity contribution < 1.29 is 4.79 Å². The second-order valence-corrected chi connectivity index (χ2v) is 8.57. The highest BCUT2D eigenvalue weighted by Crippen LogP contribution is 2.14. The Morgan fingerprint density at radius 3 is 1.22 bits per heavy atom. The molecule has 0 fully saturated rings. The molecule has 0 aromatic heterocycles. The first-order valence-electron chi connectivity index (χ1n) is 12.7. The van der Waals surface area contributed by atoms with Gasteiger partial charge < -0.3 is 0 Å². The third-order valence-electron chi connectivity index (χ3n) is 5.71. The molecule has 1 radical (unpaired) electrons. The Balaban J connectivity index is 3.11. The Hall–Kier alpha value is -0.330. The molecule has 0 aromatic rings. The van der Waals surface area contributed by atoms with Gasteiger partial charge in [-0.1, -0.05) is 136 Å². The molecule has 0 rings (SSSR count). The molecule has 0 aliphatic heterocycles. The minimum atomic E-state index is 0.391. The molecule has 0 aliphatic rings. The Kier molecular flexibility index (Phi) is 23.4. The number of hydrogen-bond donors (Lipinski definition) is 0. The number of ketones is 1. The molecule has 1 heteroatoms. The molecule has 1 nitrogen and oxygen atoms in total. The van der Waals surface area contributed by atoms with Gasteiger partial charge in [-0.15, -0.1) is 0 Å². The van der Waals surface area contributed by atoms with Crippen LogP contribution >= 0.6 is 0 Å². The van der Waals surface area contributed by atoms with Crippen molar-refractivity contribution in [3.8, 4) is 0 Å². The quantitative estimate of drug-likeness (QED) is 0.162. The first-order chi connectivity index (χ1) is 13.3. The maximum atomic E-state index is 11.8. The number of hydrogen-bond acceptors (Lipinski definition) is 1. The van der Waals surface area contributed by atoms with Gasteiger partial charge in [0.1, 0.15) is 5.78 Å². The summed E-state index contributed by atoms with van der Waals surface area (Å²) in [5.74, 6) is 0.391. The van der Waals surface area contributed by atoms with Crippen LogP contribution in [-0.4, -0.2) is 5.78 Å². The molecular weight excluding hydrogens is 328 g/mol. The molecule has 0 bridgehead atoms. The van der Waals surface area contributed by atoms with E-state index >= 15 is 0 Å². The number of Topliss-reactive ketones (excluding diaryl/α,β-unsaturated/α-hetero) is 1. The van der Waals surface area contributed by atoms with Crippen LogP contribution in [-0.2, 0) is 4.79 Å². The largest absolute Gasteiger partial charge is 0.299 e. The predicted octanol–water partition coefficient (Wildman–Crippen LogP) is 9.38. The summed E-state index contributed by atoms with van der Waals surface area (Å²) in [6.07, 6.45) is 30.9. The lowest BCUT2D eigenvalue weighted by atomic mass is 10.0. The molecule has 27 heavy (non-hydrogen) atoms. The van der Waals surface area contributed by atoms with Crippen molar-refractivity contribution in [3.63, 3.8) is 0 Å². The van der Waals surface area contributed by atoms with Crippen LogP contribution in [0.2, 0.25) is 0 Å². The zero-order valence-corrected chi connectivity index (χ0v) is 19.0. The van der Waals surface area contributed by atoms with Crippen LogP contribution in [0.1, 0.15) is 155 Å². The van der Waals surface area contributed by atoms with Gasteiger partial charge in [-0.25, -0.2) is 0 Å². The number of carbonyl (C=O) groups is 1. The van der Waals surface area contributed by atoms with E-state index in [-0.39, 0.29) is 0 Å². The standard InChI is InChI=1S/C26H51O/c1-3-5-7-9-11-12-13-14-15-16-17-19-21-23-25-26(27)24-22-20-18-10-8-6-4-2/h25H,3-24H2,1-2H3. The monoisotopic (exact) mass is 379 g/mol. The zero-order valence-electron chi connectivity index (χ0n) is 19.0. The predicted molar refractivity (Wildman–Crippen MR) is 122 cm³/mol. The number of rotatable bonds is 23. The summed E-state index contributed by atoms with van der Waals surface area (Å²) in [4.78, 5) is 11.8. The first-order valence-corrected chi connectivity index (χ1v) is 12.7. The molecule has 0 saturated carbocycles. The lowest BCUT2D eigenvalue weighted by Gasteiger charge is -2.04. The van der Waals surface area contributed by atoms with Gasteiger partial charge in [0.2, 0.25) is 0 Å². The fourth-order valence-corrected chi connectivity index (χ4v) is 3.78. The second kappa shape index (κ2) is 23.7. The first kappa shape index (κ1) is 26.7. The molecular formula is C26H51O. The molecule has 0 amide bonds. The van der Waals surface area contributed by atoms with E-state index in [9.17, 15) is 4.79 Å². The Labute approximate surface area is 172 Å². The highest BCUT2D eigenvalue weighted by atomic mass is 16.1. The Morgan fingerprint density at radius 2 is 0.815 bits per heavy atom. The Bertz CT molecular complexity index is 284. The van der Waals surface area contributed by atoms with Gasteiger partial charge >= 0.3 is 0 Å². The normalized spacial score (nSPS) is 11.2. The van der Waals surface area contributed by atoms with Gasteiger partial charge in [0.05, 0.1) is 0 Å². The van der Waals surface area contributed by atoms with E-state index in [0.29, 0.717) is 5.78 Å². The van der Waals surface area contributed by atoms with Gasteiger partial charge in [0.15, 0.2) is 0 Å². The van der Waals surface area contributed by atoms with E-state index in [1.54, 1.807) is 0 Å². The maximum Gasteiger partial charge on any atom is 0.136 e. The van der Waals surface area contributed by atoms with Crippen molar-refractivity contribution in [2.45, 2.75) is 155 Å². The molecule has 0 saturated heterocycles. The van der Waals surface area contributed by atoms with E-state index in [0.717, 1.165) is 19.3 Å². The zero-order chi connectivity index (χ0) is 19.8. The molecule has 161 valence electrons.